The Bertz CT molecular complexity index is 1000. The van der Waals surface area contributed by atoms with Crippen molar-refractivity contribution in [2.75, 3.05) is 7.11 Å². The third-order valence-electron chi connectivity index (χ3n) is 4.27. The number of amides is 1. The number of methoxy groups -OCH3 is 1. The van der Waals surface area contributed by atoms with Gasteiger partial charge in [0, 0.05) is 22.0 Å². The van der Waals surface area contributed by atoms with Gasteiger partial charge in [0.15, 0.2) is 4.80 Å². The lowest BCUT2D eigenvalue weighted by molar-refractivity contribution is 0.0998. The number of ether oxygens (including phenoxy) is 1. The Morgan fingerprint density at radius 2 is 1.78 bits per heavy atom. The number of hydrogen-bond acceptors (Lipinski definition) is 3. The van der Waals surface area contributed by atoms with Gasteiger partial charge in [0.1, 0.15) is 5.75 Å². The quantitative estimate of drug-likeness (QED) is 0.590. The second-order valence-electron chi connectivity index (χ2n) is 5.91. The zero-order valence-corrected chi connectivity index (χ0v) is 17.1. The van der Waals surface area contributed by atoms with Crippen molar-refractivity contribution in [2.24, 2.45) is 4.99 Å². The molecule has 6 heteroatoms. The van der Waals surface area contributed by atoms with E-state index in [1.165, 1.54) is 4.88 Å². The van der Waals surface area contributed by atoms with Gasteiger partial charge in [-0.25, -0.2) is 0 Å². The summed E-state index contributed by atoms with van der Waals surface area (Å²) >= 11 is 7.59. The van der Waals surface area contributed by atoms with Crippen molar-refractivity contribution in [1.29, 1.82) is 0 Å². The smallest absolute Gasteiger partial charge is 0.279 e. The van der Waals surface area contributed by atoms with Gasteiger partial charge >= 0.3 is 0 Å². The number of nitrogens with zero attached hydrogens (tertiary/aromatic N) is 2. The number of thiazole rings is 1. The Labute approximate surface area is 167 Å². The van der Waals surface area contributed by atoms with E-state index in [0.29, 0.717) is 21.1 Å². The maximum Gasteiger partial charge on any atom is 0.279 e. The fourth-order valence-corrected chi connectivity index (χ4v) is 4.16. The van der Waals surface area contributed by atoms with Gasteiger partial charge in [0.25, 0.3) is 5.91 Å². The molecular formula is C21H21ClN2O2S. The monoisotopic (exact) mass is 400 g/mol. The molecule has 0 bridgehead atoms. The molecule has 0 spiro atoms. The Kier molecular flexibility index (Phi) is 6.14. The summed E-state index contributed by atoms with van der Waals surface area (Å²) in [5.74, 6) is 0.455. The van der Waals surface area contributed by atoms with Crippen molar-refractivity contribution >= 4 is 28.8 Å². The van der Waals surface area contributed by atoms with Crippen LogP contribution in [0, 0.1) is 0 Å². The molecule has 4 nitrogen and oxygen atoms in total. The van der Waals surface area contributed by atoms with Crippen molar-refractivity contribution in [3.8, 4) is 17.0 Å². The first-order chi connectivity index (χ1) is 13.1. The first-order valence-electron chi connectivity index (χ1n) is 8.78. The maximum atomic E-state index is 12.6. The van der Waals surface area contributed by atoms with E-state index < -0.39 is 0 Å². The SMILES string of the molecule is CCc1sc(=NC(=O)c2ccc(OC)cc2)n(CC)c1-c1ccc(Cl)cc1. The number of carbonyl (C=O) groups excluding carboxylic acids is 1. The Morgan fingerprint density at radius 1 is 1.11 bits per heavy atom. The minimum atomic E-state index is -0.258. The van der Waals surface area contributed by atoms with Gasteiger partial charge < -0.3 is 9.30 Å². The fourth-order valence-electron chi connectivity index (χ4n) is 2.89. The van der Waals surface area contributed by atoms with Gasteiger partial charge in [0.05, 0.1) is 12.8 Å². The molecule has 0 N–H and O–H groups in total. The summed E-state index contributed by atoms with van der Waals surface area (Å²) in [6.07, 6.45) is 0.870. The average molecular weight is 401 g/mol. The van der Waals surface area contributed by atoms with Crippen molar-refractivity contribution in [1.82, 2.24) is 4.57 Å². The minimum absolute atomic E-state index is 0.258. The van der Waals surface area contributed by atoms with E-state index in [4.69, 9.17) is 16.3 Å². The summed E-state index contributed by atoms with van der Waals surface area (Å²) in [5, 5.41) is 0.703. The molecule has 3 rings (SSSR count). The molecule has 0 fully saturated rings. The van der Waals surface area contributed by atoms with Crippen LogP contribution in [0.3, 0.4) is 0 Å². The predicted octanol–water partition coefficient (Wildman–Crippen LogP) is 5.20. The molecule has 0 aliphatic carbocycles. The molecule has 1 heterocycles. The number of aryl methyl sites for hydroxylation is 1. The highest BCUT2D eigenvalue weighted by molar-refractivity contribution is 7.09. The number of benzene rings is 2. The first-order valence-corrected chi connectivity index (χ1v) is 9.98. The topological polar surface area (TPSA) is 43.6 Å². The van der Waals surface area contributed by atoms with Gasteiger partial charge in [-0.05, 0) is 55.3 Å². The van der Waals surface area contributed by atoms with E-state index in [-0.39, 0.29) is 5.91 Å². The lowest BCUT2D eigenvalue weighted by Crippen LogP contribution is -2.17. The molecular weight excluding hydrogens is 380 g/mol. The molecule has 0 aliphatic heterocycles. The molecule has 0 unspecified atom stereocenters. The summed E-state index contributed by atoms with van der Waals surface area (Å²) in [4.78, 5) is 18.9. The molecule has 0 atom stereocenters. The molecule has 1 aromatic heterocycles. The molecule has 0 saturated carbocycles. The Hall–Kier alpha value is -2.37. The van der Waals surface area contributed by atoms with E-state index in [2.05, 4.69) is 23.4 Å². The van der Waals surface area contributed by atoms with Crippen LogP contribution in [0.5, 0.6) is 5.75 Å². The Balaban J connectivity index is 2.08. The largest absolute Gasteiger partial charge is 0.497 e. The predicted molar refractivity (Wildman–Crippen MR) is 111 cm³/mol. The molecule has 0 radical (unpaired) electrons. The summed E-state index contributed by atoms with van der Waals surface area (Å²) in [6.45, 7) is 4.89. The average Bonchev–Trinajstić information content (AvgIpc) is 3.05. The van der Waals surface area contributed by atoms with Crippen LogP contribution in [0.4, 0.5) is 0 Å². The molecule has 27 heavy (non-hydrogen) atoms. The normalized spacial score (nSPS) is 11.6. The van der Waals surface area contributed by atoms with E-state index >= 15 is 0 Å². The molecule has 1 amide bonds. The third kappa shape index (κ3) is 4.15. The lowest BCUT2D eigenvalue weighted by atomic mass is 10.1. The van der Waals surface area contributed by atoms with Crippen LogP contribution in [0.2, 0.25) is 5.02 Å². The first kappa shape index (κ1) is 19.4. The van der Waals surface area contributed by atoms with Crippen LogP contribution in [0.1, 0.15) is 29.1 Å². The second-order valence-corrected chi connectivity index (χ2v) is 7.41. The van der Waals surface area contributed by atoms with E-state index in [0.717, 1.165) is 24.2 Å². The zero-order chi connectivity index (χ0) is 19.4. The van der Waals surface area contributed by atoms with Gasteiger partial charge in [-0.3, -0.25) is 4.79 Å². The van der Waals surface area contributed by atoms with E-state index in [9.17, 15) is 4.79 Å². The van der Waals surface area contributed by atoms with Crippen molar-refractivity contribution in [3.63, 3.8) is 0 Å². The van der Waals surface area contributed by atoms with E-state index in [1.807, 2.05) is 24.3 Å². The summed E-state index contributed by atoms with van der Waals surface area (Å²) in [6, 6.07) is 14.8. The van der Waals surface area contributed by atoms with Crippen LogP contribution in [-0.2, 0) is 13.0 Å². The fraction of sp³-hybridized carbons (Fsp3) is 0.238. The number of aromatic nitrogens is 1. The molecule has 140 valence electrons. The van der Waals surface area contributed by atoms with Crippen LogP contribution in [0.15, 0.2) is 53.5 Å². The highest BCUT2D eigenvalue weighted by Crippen LogP contribution is 2.27. The van der Waals surface area contributed by atoms with Crippen molar-refractivity contribution < 1.29 is 9.53 Å². The van der Waals surface area contributed by atoms with Crippen LogP contribution < -0.4 is 9.54 Å². The summed E-state index contributed by atoms with van der Waals surface area (Å²) in [5.41, 5.74) is 2.72. The van der Waals surface area contributed by atoms with Gasteiger partial charge in [0.2, 0.25) is 0 Å². The maximum absolute atomic E-state index is 12.6. The minimum Gasteiger partial charge on any atom is -0.497 e. The van der Waals surface area contributed by atoms with E-state index in [1.54, 1.807) is 42.7 Å². The third-order valence-corrected chi connectivity index (χ3v) is 5.74. The molecule has 0 saturated heterocycles. The lowest BCUT2D eigenvalue weighted by Gasteiger charge is -2.08. The van der Waals surface area contributed by atoms with Crippen molar-refractivity contribution in [3.05, 3.63) is 68.8 Å². The second kappa shape index (κ2) is 8.55. The summed E-state index contributed by atoms with van der Waals surface area (Å²) in [7, 11) is 1.60. The van der Waals surface area contributed by atoms with Crippen molar-refractivity contribution in [2.45, 2.75) is 26.8 Å². The number of halogens is 1. The number of hydrogen-bond donors (Lipinski definition) is 0. The summed E-state index contributed by atoms with van der Waals surface area (Å²) < 4.78 is 7.23. The van der Waals surface area contributed by atoms with Crippen LogP contribution in [0.25, 0.3) is 11.3 Å². The Morgan fingerprint density at radius 3 is 2.33 bits per heavy atom. The molecule has 2 aromatic carbocycles. The number of rotatable bonds is 5. The number of carbonyl (C=O) groups is 1. The van der Waals surface area contributed by atoms with Crippen LogP contribution in [-0.4, -0.2) is 17.6 Å². The van der Waals surface area contributed by atoms with Gasteiger partial charge in [-0.1, -0.05) is 30.7 Å². The highest BCUT2D eigenvalue weighted by atomic mass is 35.5. The highest BCUT2D eigenvalue weighted by Gasteiger charge is 2.15. The van der Waals surface area contributed by atoms with Gasteiger partial charge in [-0.2, -0.15) is 4.99 Å². The molecule has 0 aliphatic rings. The van der Waals surface area contributed by atoms with Crippen LogP contribution >= 0.6 is 22.9 Å². The standard InChI is InChI=1S/C21H21ClN2O2S/c1-4-18-19(14-6-10-16(22)11-7-14)24(5-2)21(27-18)23-20(25)15-8-12-17(26-3)13-9-15/h6-13H,4-5H2,1-3H3. The van der Waals surface area contributed by atoms with Gasteiger partial charge in [-0.15, -0.1) is 11.3 Å². The molecule has 3 aromatic rings. The zero-order valence-electron chi connectivity index (χ0n) is 15.5.